The Kier molecular flexibility index (Phi) is 7.20. The van der Waals surface area contributed by atoms with Crippen LogP contribution in [0.25, 0.3) is 0 Å². The average molecular weight is 307 g/mol. The lowest BCUT2D eigenvalue weighted by atomic mass is 10.1. The monoisotopic (exact) mass is 307 g/mol. The van der Waals surface area contributed by atoms with Crippen LogP contribution in [0, 0.1) is 0 Å². The minimum Gasteiger partial charge on any atom is -0.391 e. The number of unbranched alkanes of at least 4 members (excludes halogenated alkanes) is 2. The highest BCUT2D eigenvalue weighted by Gasteiger charge is 2.33. The lowest BCUT2D eigenvalue weighted by Gasteiger charge is -2.28. The molecule has 0 aromatic heterocycles. The van der Waals surface area contributed by atoms with Gasteiger partial charge in [-0.25, -0.2) is 4.57 Å². The van der Waals surface area contributed by atoms with Crippen LogP contribution in [0.1, 0.15) is 39.0 Å². The fraction of sp³-hybridized carbons (Fsp3) is 0.846. The summed E-state index contributed by atoms with van der Waals surface area (Å²) in [5.41, 5.74) is 0.953. The Morgan fingerprint density at radius 2 is 2.20 bits per heavy atom. The van der Waals surface area contributed by atoms with Crippen molar-refractivity contribution < 1.29 is 23.6 Å². The average Bonchev–Trinajstić information content (AvgIpc) is 2.78. The third-order valence-corrected chi connectivity index (χ3v) is 4.47. The molecule has 0 saturated carbocycles. The molecule has 0 amide bonds. The van der Waals surface area contributed by atoms with Crippen molar-refractivity contribution in [1.29, 1.82) is 0 Å². The van der Waals surface area contributed by atoms with E-state index >= 15 is 0 Å². The second-order valence-electron chi connectivity index (χ2n) is 5.17. The third-order valence-electron chi connectivity index (χ3n) is 3.53. The van der Waals surface area contributed by atoms with Gasteiger partial charge in [0.25, 0.3) is 0 Å². The lowest BCUT2D eigenvalue weighted by Crippen LogP contribution is -2.32. The minimum absolute atomic E-state index is 0.0471. The molecule has 7 heteroatoms. The number of phosphoric ester groups is 1. The molecule has 20 heavy (non-hydrogen) atoms. The Balaban J connectivity index is 2.50. The fourth-order valence-electron chi connectivity index (χ4n) is 2.39. The zero-order valence-electron chi connectivity index (χ0n) is 12.3. The molecule has 0 radical (unpaired) electrons. The Morgan fingerprint density at radius 1 is 1.50 bits per heavy atom. The molecule has 1 rings (SSSR count). The van der Waals surface area contributed by atoms with Gasteiger partial charge in [-0.05, 0) is 19.3 Å². The number of nitrogens with zero attached hydrogens (tertiary/aromatic N) is 1. The molecule has 0 aromatic rings. The molecule has 3 atom stereocenters. The van der Waals surface area contributed by atoms with E-state index in [1.165, 1.54) is 0 Å². The number of allylic oxidation sites excluding steroid dienone is 1. The first kappa shape index (κ1) is 17.7. The smallest absolute Gasteiger partial charge is 0.391 e. The quantitative estimate of drug-likeness (QED) is 0.502. The molecule has 1 aliphatic heterocycles. The number of aliphatic hydroxyl groups excluding tert-OH is 1. The van der Waals surface area contributed by atoms with Gasteiger partial charge in [0, 0.05) is 19.4 Å². The summed E-state index contributed by atoms with van der Waals surface area (Å²) in [6.07, 6.45) is 4.28. The van der Waals surface area contributed by atoms with E-state index in [1.807, 2.05) is 4.90 Å². The first-order valence-electron chi connectivity index (χ1n) is 7.05. The highest BCUT2D eigenvalue weighted by atomic mass is 31.2. The first-order valence-corrected chi connectivity index (χ1v) is 8.54. The summed E-state index contributed by atoms with van der Waals surface area (Å²) in [6, 6.07) is -0.130. The Bertz CT molecular complexity index is 363. The van der Waals surface area contributed by atoms with Crippen molar-refractivity contribution in [3.63, 3.8) is 0 Å². The summed E-state index contributed by atoms with van der Waals surface area (Å²) in [4.78, 5) is 11.2. The maximum absolute atomic E-state index is 11.3. The number of hydrogen-bond donors (Lipinski definition) is 2. The summed E-state index contributed by atoms with van der Waals surface area (Å²) >= 11 is 0. The normalized spacial score (nSPS) is 25.7. The summed E-state index contributed by atoms with van der Waals surface area (Å²) in [6.45, 7) is 6.74. The Morgan fingerprint density at radius 3 is 2.80 bits per heavy atom. The number of likely N-dealkylation sites (tertiary alicyclic amines) is 1. The van der Waals surface area contributed by atoms with Crippen LogP contribution in [0.15, 0.2) is 12.3 Å². The van der Waals surface area contributed by atoms with Crippen molar-refractivity contribution >= 4 is 7.82 Å². The van der Waals surface area contributed by atoms with Gasteiger partial charge in [0.2, 0.25) is 0 Å². The number of phosphoric acid groups is 1. The number of hydrogen-bond acceptors (Lipinski definition) is 5. The molecule has 0 aliphatic carbocycles. The highest BCUT2D eigenvalue weighted by molar-refractivity contribution is 7.47. The van der Waals surface area contributed by atoms with Gasteiger partial charge >= 0.3 is 7.82 Å². The predicted octanol–water partition coefficient (Wildman–Crippen LogP) is 2.28. The van der Waals surface area contributed by atoms with Crippen LogP contribution in [0.2, 0.25) is 0 Å². The van der Waals surface area contributed by atoms with Crippen molar-refractivity contribution in [2.75, 3.05) is 20.3 Å². The van der Waals surface area contributed by atoms with Crippen molar-refractivity contribution in [1.82, 2.24) is 4.90 Å². The van der Waals surface area contributed by atoms with Crippen molar-refractivity contribution in [2.45, 2.75) is 51.2 Å². The van der Waals surface area contributed by atoms with E-state index < -0.39 is 13.9 Å². The molecule has 1 aliphatic rings. The Labute approximate surface area is 121 Å². The Hall–Kier alpha value is -0.390. The lowest BCUT2D eigenvalue weighted by molar-refractivity contribution is 0.135. The molecule has 118 valence electrons. The summed E-state index contributed by atoms with van der Waals surface area (Å²) in [5.74, 6) is 0. The molecule has 0 aromatic carbocycles. The molecule has 1 saturated heterocycles. The van der Waals surface area contributed by atoms with Gasteiger partial charge in [-0.2, -0.15) is 0 Å². The van der Waals surface area contributed by atoms with E-state index in [0.29, 0.717) is 13.0 Å². The van der Waals surface area contributed by atoms with Gasteiger partial charge in [0.05, 0.1) is 18.8 Å². The first-order chi connectivity index (χ1) is 9.39. The van der Waals surface area contributed by atoms with Gasteiger partial charge in [0.15, 0.2) is 0 Å². The SMILES string of the molecule is C=C(CCCCC)N1CC(O)C[C@H]1COP(=O)(O)OC. The summed E-state index contributed by atoms with van der Waals surface area (Å²) < 4.78 is 20.6. The molecule has 0 spiro atoms. The van der Waals surface area contributed by atoms with E-state index in [9.17, 15) is 14.6 Å². The van der Waals surface area contributed by atoms with Gasteiger partial charge in [-0.15, -0.1) is 0 Å². The van der Waals surface area contributed by atoms with E-state index in [2.05, 4.69) is 18.0 Å². The van der Waals surface area contributed by atoms with Crippen molar-refractivity contribution in [3.05, 3.63) is 12.3 Å². The molecular weight excluding hydrogens is 281 g/mol. The van der Waals surface area contributed by atoms with Crippen LogP contribution < -0.4 is 0 Å². The largest absolute Gasteiger partial charge is 0.471 e. The summed E-state index contributed by atoms with van der Waals surface area (Å²) in [5, 5.41) is 9.78. The van der Waals surface area contributed by atoms with Gasteiger partial charge < -0.3 is 14.9 Å². The van der Waals surface area contributed by atoms with Crippen LogP contribution in [0.5, 0.6) is 0 Å². The van der Waals surface area contributed by atoms with E-state index in [0.717, 1.165) is 38.5 Å². The predicted molar refractivity (Wildman–Crippen MR) is 77.2 cm³/mol. The standard InChI is InChI=1S/C13H26NO5P/c1-4-5-6-7-11(2)14-9-13(15)8-12(14)10-19-20(16,17)18-3/h12-13,15H,2,4-10H2,1,3H3,(H,16,17)/t12-,13?/m0/s1. The highest BCUT2D eigenvalue weighted by Crippen LogP contribution is 2.42. The fourth-order valence-corrected chi connectivity index (χ4v) is 2.86. The molecule has 2 unspecified atom stereocenters. The van der Waals surface area contributed by atoms with Crippen molar-refractivity contribution in [3.8, 4) is 0 Å². The molecular formula is C13H26NO5P. The molecule has 1 heterocycles. The van der Waals surface area contributed by atoms with Crippen LogP contribution >= 0.6 is 7.82 Å². The van der Waals surface area contributed by atoms with Crippen molar-refractivity contribution in [2.24, 2.45) is 0 Å². The molecule has 6 nitrogen and oxygen atoms in total. The van der Waals surface area contributed by atoms with E-state index in [-0.39, 0.29) is 12.6 Å². The van der Waals surface area contributed by atoms with Gasteiger partial charge in [0.1, 0.15) is 0 Å². The van der Waals surface area contributed by atoms with Gasteiger partial charge in [-0.3, -0.25) is 9.05 Å². The van der Waals surface area contributed by atoms with Crippen LogP contribution in [0.3, 0.4) is 0 Å². The van der Waals surface area contributed by atoms with Crippen LogP contribution in [0.4, 0.5) is 0 Å². The van der Waals surface area contributed by atoms with E-state index in [1.54, 1.807) is 0 Å². The maximum atomic E-state index is 11.3. The molecule has 0 bridgehead atoms. The number of β-amino-alcohol motifs (C(OH)–C–C–N with tert-alkyl or cyclic N) is 1. The van der Waals surface area contributed by atoms with E-state index in [4.69, 9.17) is 4.52 Å². The number of rotatable bonds is 9. The zero-order chi connectivity index (χ0) is 15.2. The zero-order valence-corrected chi connectivity index (χ0v) is 13.2. The second-order valence-corrected chi connectivity index (χ2v) is 6.73. The summed E-state index contributed by atoms with van der Waals surface area (Å²) in [7, 11) is -2.84. The number of aliphatic hydroxyl groups is 1. The molecule has 2 N–H and O–H groups in total. The third kappa shape index (κ3) is 5.54. The second kappa shape index (κ2) is 8.15. The molecule has 1 fully saturated rings. The van der Waals surface area contributed by atoms with Crippen LogP contribution in [-0.4, -0.2) is 47.3 Å². The minimum atomic E-state index is -3.97. The topological polar surface area (TPSA) is 79.2 Å². The maximum Gasteiger partial charge on any atom is 0.471 e. The van der Waals surface area contributed by atoms with Gasteiger partial charge in [-0.1, -0.05) is 26.3 Å². The van der Waals surface area contributed by atoms with Crippen LogP contribution in [-0.2, 0) is 13.6 Å².